The van der Waals surface area contributed by atoms with Crippen LogP contribution in [-0.4, -0.2) is 53.7 Å². The minimum atomic E-state index is -0.324. The number of amides is 3. The molecule has 1 aromatic carbocycles. The fourth-order valence-corrected chi connectivity index (χ4v) is 4.17. The largest absolute Gasteiger partial charge is 0.325 e. The fourth-order valence-electron chi connectivity index (χ4n) is 4.17. The molecule has 0 spiro atoms. The van der Waals surface area contributed by atoms with Crippen molar-refractivity contribution < 1.29 is 9.59 Å². The molecule has 2 N–H and O–H groups in total. The summed E-state index contributed by atoms with van der Waals surface area (Å²) in [6.07, 6.45) is 2.01. The summed E-state index contributed by atoms with van der Waals surface area (Å²) >= 11 is 0. The molecule has 0 saturated carbocycles. The molecule has 4 unspecified atom stereocenters. The van der Waals surface area contributed by atoms with Crippen molar-refractivity contribution in [2.75, 3.05) is 13.6 Å². The minimum Gasteiger partial charge on any atom is -0.310 e. The van der Waals surface area contributed by atoms with E-state index in [1.165, 1.54) is 11.1 Å². The fraction of sp³-hybridized carbons (Fsp3) is 0.529. The maximum Gasteiger partial charge on any atom is 0.325 e. The summed E-state index contributed by atoms with van der Waals surface area (Å²) in [7, 11) is 1.74. The van der Waals surface area contributed by atoms with Gasteiger partial charge in [-0.15, -0.1) is 0 Å². The molecule has 6 nitrogen and oxygen atoms in total. The van der Waals surface area contributed by atoms with Crippen molar-refractivity contribution in [3.05, 3.63) is 35.4 Å². The first-order chi connectivity index (χ1) is 11.1. The van der Waals surface area contributed by atoms with E-state index >= 15 is 0 Å². The second kappa shape index (κ2) is 5.32. The number of carbonyl (C=O) groups is 2. The summed E-state index contributed by atoms with van der Waals surface area (Å²) in [5, 5.41) is 6.00. The van der Waals surface area contributed by atoms with Gasteiger partial charge in [-0.3, -0.25) is 20.3 Å². The van der Waals surface area contributed by atoms with Crippen LogP contribution < -0.4 is 10.6 Å². The number of fused-ring (bicyclic) bond motifs is 3. The molecule has 0 aromatic heterocycles. The van der Waals surface area contributed by atoms with Gasteiger partial charge in [-0.1, -0.05) is 29.8 Å². The Bertz CT molecular complexity index is 644. The molecule has 3 fully saturated rings. The summed E-state index contributed by atoms with van der Waals surface area (Å²) in [4.78, 5) is 28.1. The average molecular weight is 314 g/mol. The van der Waals surface area contributed by atoms with Gasteiger partial charge in [0.05, 0.1) is 6.17 Å². The predicted octanol–water partition coefficient (Wildman–Crippen LogP) is 0.980. The van der Waals surface area contributed by atoms with Crippen molar-refractivity contribution in [1.29, 1.82) is 0 Å². The van der Waals surface area contributed by atoms with Crippen molar-refractivity contribution in [2.24, 2.45) is 0 Å². The molecule has 1 aromatic rings. The maximum atomic E-state index is 12.3. The molecule has 3 heterocycles. The molecule has 23 heavy (non-hydrogen) atoms. The molecule has 122 valence electrons. The number of hydrogen-bond acceptors (Lipinski definition) is 4. The number of piperidine rings is 1. The third kappa shape index (κ3) is 2.24. The molecule has 4 atom stereocenters. The van der Waals surface area contributed by atoms with Crippen LogP contribution in [0, 0.1) is 6.92 Å². The van der Waals surface area contributed by atoms with Crippen molar-refractivity contribution in [3.63, 3.8) is 0 Å². The molecular formula is C17H22N4O2. The van der Waals surface area contributed by atoms with Gasteiger partial charge < -0.3 is 4.90 Å². The van der Waals surface area contributed by atoms with Gasteiger partial charge in [-0.2, -0.15) is 0 Å². The number of carbonyl (C=O) groups excluding carboxylic acids is 2. The summed E-state index contributed by atoms with van der Waals surface area (Å²) in [6.45, 7) is 2.97. The van der Waals surface area contributed by atoms with E-state index in [1.54, 1.807) is 11.9 Å². The topological polar surface area (TPSA) is 64.7 Å². The van der Waals surface area contributed by atoms with Crippen LogP contribution in [0.15, 0.2) is 24.3 Å². The normalized spacial score (nSPS) is 34.1. The molecule has 3 aliphatic rings. The number of nitrogens with zero attached hydrogens (tertiary/aromatic N) is 2. The Morgan fingerprint density at radius 2 is 1.87 bits per heavy atom. The number of urea groups is 1. The lowest BCUT2D eigenvalue weighted by molar-refractivity contribution is -0.128. The van der Waals surface area contributed by atoms with Gasteiger partial charge in [0, 0.05) is 19.5 Å². The summed E-state index contributed by atoms with van der Waals surface area (Å²) in [5.74, 6) is 0.156. The van der Waals surface area contributed by atoms with E-state index in [1.807, 2.05) is 0 Å². The molecule has 6 heteroatoms. The van der Waals surface area contributed by atoms with E-state index in [0.29, 0.717) is 5.92 Å². The molecule has 3 saturated heterocycles. The Kier molecular flexibility index (Phi) is 3.39. The number of aryl methyl sites for hydroxylation is 1. The molecular weight excluding hydrogens is 292 g/mol. The highest BCUT2D eigenvalue weighted by Gasteiger charge is 2.53. The Hall–Kier alpha value is -1.92. The number of benzene rings is 1. The third-order valence-corrected chi connectivity index (χ3v) is 5.41. The van der Waals surface area contributed by atoms with Crippen LogP contribution in [-0.2, 0) is 4.79 Å². The molecule has 3 aliphatic heterocycles. The summed E-state index contributed by atoms with van der Waals surface area (Å²) in [5.41, 5.74) is 2.55. The lowest BCUT2D eigenvalue weighted by atomic mass is 9.87. The van der Waals surface area contributed by atoms with E-state index in [-0.39, 0.29) is 30.3 Å². The number of hydrogen-bond donors (Lipinski definition) is 2. The highest BCUT2D eigenvalue weighted by molar-refractivity contribution is 6.00. The first kappa shape index (κ1) is 14.7. The monoisotopic (exact) mass is 314 g/mol. The van der Waals surface area contributed by atoms with Crippen LogP contribution in [0.2, 0.25) is 0 Å². The first-order valence-electron chi connectivity index (χ1n) is 8.22. The second-order valence-corrected chi connectivity index (χ2v) is 6.80. The summed E-state index contributed by atoms with van der Waals surface area (Å²) < 4.78 is 0. The maximum absolute atomic E-state index is 12.3. The van der Waals surface area contributed by atoms with Crippen LogP contribution in [0.1, 0.15) is 29.9 Å². The molecule has 4 rings (SSSR count). The van der Waals surface area contributed by atoms with Crippen LogP contribution >= 0.6 is 0 Å². The van der Waals surface area contributed by atoms with E-state index in [0.717, 1.165) is 19.4 Å². The Morgan fingerprint density at radius 1 is 1.13 bits per heavy atom. The van der Waals surface area contributed by atoms with Crippen LogP contribution in [0.4, 0.5) is 4.79 Å². The number of nitrogens with one attached hydrogen (secondary N) is 2. The van der Waals surface area contributed by atoms with E-state index in [9.17, 15) is 9.59 Å². The standard InChI is InChI=1S/C17H22N4O2/c1-10-5-7-11(8-6-10)12-4-3-9-21-13-15(18-14(12)21)20(2)17(23)19-16(13)22/h5-8,12-15,18H,3-4,9H2,1-2H3,(H,19,22,23). The lowest BCUT2D eigenvalue weighted by Gasteiger charge is -2.39. The van der Waals surface area contributed by atoms with Crippen LogP contribution in [0.3, 0.4) is 0 Å². The van der Waals surface area contributed by atoms with Crippen molar-refractivity contribution in [1.82, 2.24) is 20.4 Å². The lowest BCUT2D eigenvalue weighted by Crippen LogP contribution is -2.64. The van der Waals surface area contributed by atoms with Gasteiger partial charge in [0.2, 0.25) is 5.91 Å². The number of likely N-dealkylation sites (N-methyl/N-ethyl adjacent to an activating group) is 1. The Labute approximate surface area is 135 Å². The van der Waals surface area contributed by atoms with E-state index < -0.39 is 0 Å². The summed E-state index contributed by atoms with van der Waals surface area (Å²) in [6, 6.07) is 8.02. The first-order valence-corrected chi connectivity index (χ1v) is 8.22. The Balaban J connectivity index is 1.66. The number of rotatable bonds is 1. The van der Waals surface area contributed by atoms with E-state index in [2.05, 4.69) is 46.7 Å². The van der Waals surface area contributed by atoms with Gasteiger partial charge in [0.15, 0.2) is 0 Å². The van der Waals surface area contributed by atoms with Gasteiger partial charge in [-0.25, -0.2) is 4.79 Å². The SMILES string of the molecule is Cc1ccc(C2CCCN3C2NC2C3C(=O)NC(=O)N2C)cc1. The van der Waals surface area contributed by atoms with Crippen LogP contribution in [0.5, 0.6) is 0 Å². The molecule has 0 bridgehead atoms. The van der Waals surface area contributed by atoms with E-state index in [4.69, 9.17) is 0 Å². The molecule has 0 radical (unpaired) electrons. The zero-order valence-electron chi connectivity index (χ0n) is 13.5. The second-order valence-electron chi connectivity index (χ2n) is 6.80. The van der Waals surface area contributed by atoms with Crippen molar-refractivity contribution >= 4 is 11.9 Å². The smallest absolute Gasteiger partial charge is 0.310 e. The quantitative estimate of drug-likeness (QED) is 0.811. The van der Waals surface area contributed by atoms with Crippen LogP contribution in [0.25, 0.3) is 0 Å². The minimum absolute atomic E-state index is 0.0977. The Morgan fingerprint density at radius 3 is 2.61 bits per heavy atom. The zero-order valence-corrected chi connectivity index (χ0v) is 13.5. The highest BCUT2D eigenvalue weighted by Crippen LogP contribution is 2.37. The van der Waals surface area contributed by atoms with Crippen molar-refractivity contribution in [2.45, 2.75) is 44.1 Å². The van der Waals surface area contributed by atoms with Gasteiger partial charge in [-0.05, 0) is 25.3 Å². The molecule has 0 aliphatic carbocycles. The highest BCUT2D eigenvalue weighted by atomic mass is 16.2. The third-order valence-electron chi connectivity index (χ3n) is 5.41. The van der Waals surface area contributed by atoms with Gasteiger partial charge >= 0.3 is 6.03 Å². The van der Waals surface area contributed by atoms with Gasteiger partial charge in [0.1, 0.15) is 12.2 Å². The average Bonchev–Trinajstić information content (AvgIpc) is 2.93. The number of imide groups is 1. The predicted molar refractivity (Wildman–Crippen MR) is 85.7 cm³/mol. The van der Waals surface area contributed by atoms with Gasteiger partial charge in [0.25, 0.3) is 0 Å². The van der Waals surface area contributed by atoms with Crippen molar-refractivity contribution in [3.8, 4) is 0 Å². The zero-order chi connectivity index (χ0) is 16.1. The molecule has 3 amide bonds.